The van der Waals surface area contributed by atoms with Gasteiger partial charge in [-0.05, 0) is 60.7 Å². The number of halogens is 1. The van der Waals surface area contributed by atoms with E-state index in [1.807, 2.05) is 18.2 Å². The Morgan fingerprint density at radius 3 is 2.21 bits per heavy atom. The van der Waals surface area contributed by atoms with E-state index in [1.165, 1.54) is 16.7 Å². The highest BCUT2D eigenvalue weighted by Gasteiger charge is 2.40. The molecule has 5 nitrogen and oxygen atoms in total. The first-order chi connectivity index (χ1) is 14.0. The molecule has 3 aromatic rings. The van der Waals surface area contributed by atoms with Gasteiger partial charge in [-0.25, -0.2) is 4.90 Å². The highest BCUT2D eigenvalue weighted by atomic mass is 35.5. The van der Waals surface area contributed by atoms with Crippen LogP contribution < -0.4 is 15.4 Å². The minimum Gasteiger partial charge on any atom is -0.457 e. The Labute approximate surface area is 177 Å². The van der Waals surface area contributed by atoms with Crippen LogP contribution in [0.15, 0.2) is 77.7 Å². The number of amides is 2. The van der Waals surface area contributed by atoms with Crippen molar-refractivity contribution in [3.8, 4) is 11.5 Å². The predicted octanol–water partition coefficient (Wildman–Crippen LogP) is 5.14. The van der Waals surface area contributed by atoms with E-state index in [9.17, 15) is 9.59 Å². The van der Waals surface area contributed by atoms with E-state index < -0.39 is 5.25 Å². The molecule has 1 atom stereocenters. The van der Waals surface area contributed by atoms with E-state index in [1.54, 1.807) is 54.6 Å². The molecule has 1 aliphatic heterocycles. The van der Waals surface area contributed by atoms with Gasteiger partial charge in [0.1, 0.15) is 11.5 Å². The van der Waals surface area contributed by atoms with Gasteiger partial charge in [0.05, 0.1) is 10.9 Å². The Kier molecular flexibility index (Phi) is 5.47. The van der Waals surface area contributed by atoms with Crippen molar-refractivity contribution in [2.24, 2.45) is 0 Å². The number of imide groups is 1. The molecule has 2 amide bonds. The zero-order valence-corrected chi connectivity index (χ0v) is 16.8. The summed E-state index contributed by atoms with van der Waals surface area (Å²) >= 11 is 7.19. The molecular weight excluding hydrogens is 408 g/mol. The lowest BCUT2D eigenvalue weighted by molar-refractivity contribution is -0.121. The van der Waals surface area contributed by atoms with Crippen LogP contribution in [0.2, 0.25) is 5.02 Å². The van der Waals surface area contributed by atoms with Crippen LogP contribution in [-0.2, 0) is 9.59 Å². The summed E-state index contributed by atoms with van der Waals surface area (Å²) in [5.74, 6) is 0.772. The van der Waals surface area contributed by atoms with E-state index in [4.69, 9.17) is 22.1 Å². The zero-order valence-electron chi connectivity index (χ0n) is 15.2. The summed E-state index contributed by atoms with van der Waals surface area (Å²) < 4.78 is 5.75. The van der Waals surface area contributed by atoms with Crippen LogP contribution in [0.1, 0.15) is 6.42 Å². The molecule has 7 heteroatoms. The Bertz CT molecular complexity index is 1050. The molecule has 4 rings (SSSR count). The Hall–Kier alpha value is -2.96. The van der Waals surface area contributed by atoms with Gasteiger partial charge >= 0.3 is 0 Å². The zero-order chi connectivity index (χ0) is 20.4. The maximum absolute atomic E-state index is 12.8. The van der Waals surface area contributed by atoms with Gasteiger partial charge in [0, 0.05) is 22.0 Å². The van der Waals surface area contributed by atoms with Crippen molar-refractivity contribution in [3.63, 3.8) is 0 Å². The summed E-state index contributed by atoms with van der Waals surface area (Å²) in [5.41, 5.74) is 7.08. The predicted molar refractivity (Wildman–Crippen MR) is 116 cm³/mol. The average molecular weight is 425 g/mol. The minimum atomic E-state index is -0.489. The maximum atomic E-state index is 12.8. The standard InChI is InChI=1S/C22H17ClN2O3S/c23-14-5-9-16(10-6-14)28-17-11-7-15(8-12-17)25-21(26)13-20(22(25)27)29-19-4-2-1-3-18(19)24/h1-12,20H,13,24H2. The van der Waals surface area contributed by atoms with Crippen LogP contribution >= 0.6 is 23.4 Å². The molecule has 0 spiro atoms. The van der Waals surface area contributed by atoms with Crippen molar-refractivity contribution < 1.29 is 14.3 Å². The highest BCUT2D eigenvalue weighted by Crippen LogP contribution is 2.36. The maximum Gasteiger partial charge on any atom is 0.247 e. The number of nitrogens with two attached hydrogens (primary N) is 1. The summed E-state index contributed by atoms with van der Waals surface area (Å²) in [6.07, 6.45) is 0.140. The fourth-order valence-electron chi connectivity index (χ4n) is 3.01. The van der Waals surface area contributed by atoms with Gasteiger partial charge in [-0.1, -0.05) is 23.7 Å². The van der Waals surface area contributed by atoms with Crippen molar-refractivity contribution in [3.05, 3.63) is 77.8 Å². The lowest BCUT2D eigenvalue weighted by atomic mass is 10.2. The average Bonchev–Trinajstić information content (AvgIpc) is 2.99. The monoisotopic (exact) mass is 424 g/mol. The molecule has 1 unspecified atom stereocenters. The van der Waals surface area contributed by atoms with E-state index in [0.29, 0.717) is 27.9 Å². The number of rotatable bonds is 5. The summed E-state index contributed by atoms with van der Waals surface area (Å²) in [6, 6.07) is 21.2. The quantitative estimate of drug-likeness (QED) is 0.453. The Morgan fingerprint density at radius 2 is 1.55 bits per heavy atom. The molecule has 146 valence electrons. The van der Waals surface area contributed by atoms with Crippen LogP contribution in [-0.4, -0.2) is 17.1 Å². The lowest BCUT2D eigenvalue weighted by Crippen LogP contribution is -2.31. The smallest absolute Gasteiger partial charge is 0.247 e. The largest absolute Gasteiger partial charge is 0.457 e. The minimum absolute atomic E-state index is 0.140. The third-order valence-corrected chi connectivity index (χ3v) is 5.97. The SMILES string of the molecule is Nc1ccccc1SC1CC(=O)N(c2ccc(Oc3ccc(Cl)cc3)cc2)C1=O. The van der Waals surface area contributed by atoms with Crippen molar-refractivity contribution in [2.45, 2.75) is 16.6 Å². The van der Waals surface area contributed by atoms with Crippen LogP contribution in [0.25, 0.3) is 0 Å². The van der Waals surface area contributed by atoms with Crippen LogP contribution in [0.3, 0.4) is 0 Å². The molecule has 1 fully saturated rings. The molecule has 1 saturated heterocycles. The van der Waals surface area contributed by atoms with Crippen molar-refractivity contribution in [1.29, 1.82) is 0 Å². The van der Waals surface area contributed by atoms with Gasteiger partial charge in [-0.2, -0.15) is 0 Å². The molecule has 29 heavy (non-hydrogen) atoms. The lowest BCUT2D eigenvalue weighted by Gasteiger charge is -2.16. The molecule has 0 saturated carbocycles. The molecule has 0 radical (unpaired) electrons. The first kappa shape index (κ1) is 19.4. The van der Waals surface area contributed by atoms with Crippen molar-refractivity contribution >= 4 is 46.6 Å². The summed E-state index contributed by atoms with van der Waals surface area (Å²) in [6.45, 7) is 0. The molecule has 0 bridgehead atoms. The fraction of sp³-hybridized carbons (Fsp3) is 0.0909. The number of hydrogen-bond donors (Lipinski definition) is 1. The number of anilines is 2. The van der Waals surface area contributed by atoms with Crippen molar-refractivity contribution in [1.82, 2.24) is 0 Å². The number of carbonyl (C=O) groups is 2. The van der Waals surface area contributed by atoms with Gasteiger partial charge in [0.2, 0.25) is 11.8 Å². The molecule has 2 N–H and O–H groups in total. The van der Waals surface area contributed by atoms with Gasteiger partial charge in [0.25, 0.3) is 0 Å². The van der Waals surface area contributed by atoms with Gasteiger partial charge in [0.15, 0.2) is 0 Å². The second-order valence-electron chi connectivity index (χ2n) is 6.47. The molecule has 0 aliphatic carbocycles. The summed E-state index contributed by atoms with van der Waals surface area (Å²) in [5, 5.41) is 0.139. The number of benzene rings is 3. The van der Waals surface area contributed by atoms with Gasteiger partial charge in [-0.3, -0.25) is 9.59 Å². The molecule has 1 aliphatic rings. The highest BCUT2D eigenvalue weighted by molar-refractivity contribution is 8.00. The third-order valence-electron chi connectivity index (χ3n) is 4.44. The topological polar surface area (TPSA) is 72.6 Å². The van der Waals surface area contributed by atoms with Crippen molar-refractivity contribution in [2.75, 3.05) is 10.6 Å². The second kappa shape index (κ2) is 8.19. The van der Waals surface area contributed by atoms with Gasteiger partial charge in [-0.15, -0.1) is 11.8 Å². The number of carbonyl (C=O) groups excluding carboxylic acids is 2. The third kappa shape index (κ3) is 4.23. The number of thioether (sulfide) groups is 1. The van der Waals surface area contributed by atoms with E-state index in [0.717, 1.165) is 4.90 Å². The molecule has 1 heterocycles. The normalized spacial score (nSPS) is 16.3. The first-order valence-corrected chi connectivity index (χ1v) is 10.2. The van der Waals surface area contributed by atoms with Gasteiger partial charge < -0.3 is 10.5 Å². The Morgan fingerprint density at radius 1 is 0.931 bits per heavy atom. The number of para-hydroxylation sites is 1. The van der Waals surface area contributed by atoms with E-state index in [2.05, 4.69) is 0 Å². The van der Waals surface area contributed by atoms with Crippen LogP contribution in [0.5, 0.6) is 11.5 Å². The number of nitrogens with zero attached hydrogens (tertiary/aromatic N) is 1. The second-order valence-corrected chi connectivity index (χ2v) is 8.15. The number of ether oxygens (including phenoxy) is 1. The Balaban J connectivity index is 1.47. The molecule has 0 aromatic heterocycles. The van der Waals surface area contributed by atoms with E-state index in [-0.39, 0.29) is 18.2 Å². The molecule has 3 aromatic carbocycles. The number of nitrogen functional groups attached to an aromatic ring is 1. The fourth-order valence-corrected chi connectivity index (χ4v) is 4.24. The number of hydrogen-bond acceptors (Lipinski definition) is 5. The summed E-state index contributed by atoms with van der Waals surface area (Å²) in [7, 11) is 0. The van der Waals surface area contributed by atoms with Crippen LogP contribution in [0.4, 0.5) is 11.4 Å². The van der Waals surface area contributed by atoms with E-state index >= 15 is 0 Å². The molecular formula is C22H17ClN2O3S. The van der Waals surface area contributed by atoms with Crippen LogP contribution in [0, 0.1) is 0 Å². The summed E-state index contributed by atoms with van der Waals surface area (Å²) in [4.78, 5) is 27.4. The first-order valence-electron chi connectivity index (χ1n) is 8.93.